The number of rotatable bonds is 11. The molecule has 2 aromatic carbocycles. The molecule has 0 fully saturated rings. The van der Waals surface area contributed by atoms with Gasteiger partial charge >= 0.3 is 0 Å². The maximum absolute atomic E-state index is 12.9. The lowest BCUT2D eigenvalue weighted by Gasteiger charge is -2.25. The molecular formula is C26H33N3O. The molecule has 1 N–H and O–H groups in total. The standard InChI is InChI=1S/C26H33N3O/c1-3-17-29(18-4-2)19-16-25(21-10-6-5-7-11-21)28-26(30)20-23-15-14-22-12-8-9-13-24(22)27-23/h5-15,25H,3-4,16-20H2,1-2H3,(H,28,30). The molecule has 0 bridgehead atoms. The van der Waals surface area contributed by atoms with Crippen molar-refractivity contribution in [3.05, 3.63) is 78.0 Å². The average molecular weight is 404 g/mol. The molecule has 0 aliphatic carbocycles. The molecule has 4 heteroatoms. The summed E-state index contributed by atoms with van der Waals surface area (Å²) >= 11 is 0. The van der Waals surface area contributed by atoms with E-state index in [0.717, 1.165) is 61.1 Å². The lowest BCUT2D eigenvalue weighted by Crippen LogP contribution is -2.34. The van der Waals surface area contributed by atoms with Gasteiger partial charge in [0.2, 0.25) is 5.91 Å². The van der Waals surface area contributed by atoms with Crippen LogP contribution in [-0.2, 0) is 11.2 Å². The monoisotopic (exact) mass is 403 g/mol. The highest BCUT2D eigenvalue weighted by Crippen LogP contribution is 2.18. The predicted octanol–water partition coefficient (Wildman–Crippen LogP) is 5.15. The number of amides is 1. The van der Waals surface area contributed by atoms with Crippen molar-refractivity contribution in [2.24, 2.45) is 0 Å². The molecule has 1 amide bonds. The van der Waals surface area contributed by atoms with Crippen LogP contribution in [0.4, 0.5) is 0 Å². The van der Waals surface area contributed by atoms with Crippen molar-refractivity contribution < 1.29 is 4.79 Å². The van der Waals surface area contributed by atoms with Crippen LogP contribution in [0.2, 0.25) is 0 Å². The minimum atomic E-state index is 0.00960. The Morgan fingerprint density at radius 2 is 1.60 bits per heavy atom. The first-order chi connectivity index (χ1) is 14.7. The minimum Gasteiger partial charge on any atom is -0.349 e. The van der Waals surface area contributed by atoms with Crippen LogP contribution in [0.3, 0.4) is 0 Å². The van der Waals surface area contributed by atoms with E-state index in [2.05, 4.69) is 41.2 Å². The van der Waals surface area contributed by atoms with Crippen LogP contribution in [0.5, 0.6) is 0 Å². The fourth-order valence-corrected chi connectivity index (χ4v) is 3.90. The Bertz CT molecular complexity index is 920. The van der Waals surface area contributed by atoms with Gasteiger partial charge in [0.15, 0.2) is 0 Å². The average Bonchev–Trinajstić information content (AvgIpc) is 2.77. The van der Waals surface area contributed by atoms with Crippen molar-refractivity contribution in [1.29, 1.82) is 0 Å². The molecule has 30 heavy (non-hydrogen) atoms. The number of para-hydroxylation sites is 1. The van der Waals surface area contributed by atoms with Crippen molar-refractivity contribution in [2.75, 3.05) is 19.6 Å². The van der Waals surface area contributed by atoms with Crippen molar-refractivity contribution >= 4 is 16.8 Å². The smallest absolute Gasteiger partial charge is 0.226 e. The maximum atomic E-state index is 12.9. The molecule has 0 saturated heterocycles. The van der Waals surface area contributed by atoms with Crippen LogP contribution >= 0.6 is 0 Å². The second kappa shape index (κ2) is 11.5. The summed E-state index contributed by atoms with van der Waals surface area (Å²) in [4.78, 5) is 20.0. The summed E-state index contributed by atoms with van der Waals surface area (Å²) in [6.07, 6.45) is 3.49. The summed E-state index contributed by atoms with van der Waals surface area (Å²) in [5.41, 5.74) is 2.89. The number of fused-ring (bicyclic) bond motifs is 1. The zero-order valence-corrected chi connectivity index (χ0v) is 18.2. The number of pyridine rings is 1. The molecule has 3 rings (SSSR count). The molecule has 1 heterocycles. The fourth-order valence-electron chi connectivity index (χ4n) is 3.90. The molecule has 0 aliphatic rings. The van der Waals surface area contributed by atoms with Gasteiger partial charge in [-0.25, -0.2) is 0 Å². The van der Waals surface area contributed by atoms with Crippen LogP contribution < -0.4 is 5.32 Å². The van der Waals surface area contributed by atoms with Crippen LogP contribution in [0.15, 0.2) is 66.7 Å². The number of benzene rings is 2. The summed E-state index contributed by atoms with van der Waals surface area (Å²) in [6.45, 7) is 7.62. The quantitative estimate of drug-likeness (QED) is 0.482. The van der Waals surface area contributed by atoms with Gasteiger partial charge in [0.1, 0.15) is 0 Å². The van der Waals surface area contributed by atoms with Crippen molar-refractivity contribution in [3.63, 3.8) is 0 Å². The molecule has 1 atom stereocenters. The molecule has 4 nitrogen and oxygen atoms in total. The second-order valence-corrected chi connectivity index (χ2v) is 7.83. The molecule has 0 aliphatic heterocycles. The summed E-state index contributed by atoms with van der Waals surface area (Å²) in [6, 6.07) is 22.3. The molecule has 3 aromatic rings. The first kappa shape index (κ1) is 22.0. The summed E-state index contributed by atoms with van der Waals surface area (Å²) < 4.78 is 0. The van der Waals surface area contributed by atoms with E-state index in [1.165, 1.54) is 0 Å². The maximum Gasteiger partial charge on any atom is 0.226 e. The Hall–Kier alpha value is -2.72. The largest absolute Gasteiger partial charge is 0.349 e. The van der Waals surface area contributed by atoms with Crippen molar-refractivity contribution in [1.82, 2.24) is 15.2 Å². The van der Waals surface area contributed by atoms with Crippen LogP contribution in [0.1, 0.15) is 50.4 Å². The van der Waals surface area contributed by atoms with E-state index in [0.29, 0.717) is 6.42 Å². The second-order valence-electron chi connectivity index (χ2n) is 7.83. The topological polar surface area (TPSA) is 45.2 Å². The number of hydrogen-bond donors (Lipinski definition) is 1. The summed E-state index contributed by atoms with van der Waals surface area (Å²) in [5.74, 6) is 0.0177. The summed E-state index contributed by atoms with van der Waals surface area (Å²) in [7, 11) is 0. The predicted molar refractivity (Wildman–Crippen MR) is 124 cm³/mol. The Morgan fingerprint density at radius 3 is 2.33 bits per heavy atom. The zero-order valence-electron chi connectivity index (χ0n) is 18.2. The van der Waals surface area contributed by atoms with Crippen LogP contribution in [0.25, 0.3) is 10.9 Å². The first-order valence-electron chi connectivity index (χ1n) is 11.1. The Kier molecular flexibility index (Phi) is 8.40. The Labute approximate surface area is 180 Å². The van der Waals surface area contributed by atoms with E-state index in [1.54, 1.807) is 0 Å². The number of aromatic nitrogens is 1. The van der Waals surface area contributed by atoms with Crippen LogP contribution in [-0.4, -0.2) is 35.4 Å². The molecule has 0 radical (unpaired) electrons. The van der Waals surface area contributed by atoms with Crippen molar-refractivity contribution in [2.45, 2.75) is 45.6 Å². The number of carbonyl (C=O) groups is 1. The van der Waals surface area contributed by atoms with E-state index in [-0.39, 0.29) is 11.9 Å². The third kappa shape index (κ3) is 6.39. The van der Waals surface area contributed by atoms with Gasteiger partial charge in [-0.1, -0.05) is 68.4 Å². The highest BCUT2D eigenvalue weighted by Gasteiger charge is 2.17. The van der Waals surface area contributed by atoms with Gasteiger partial charge in [0.25, 0.3) is 0 Å². The van der Waals surface area contributed by atoms with Gasteiger partial charge in [-0.2, -0.15) is 0 Å². The zero-order chi connectivity index (χ0) is 21.2. The lowest BCUT2D eigenvalue weighted by molar-refractivity contribution is -0.121. The number of carbonyl (C=O) groups excluding carboxylic acids is 1. The lowest BCUT2D eigenvalue weighted by atomic mass is 10.0. The number of hydrogen-bond acceptors (Lipinski definition) is 3. The number of nitrogens with zero attached hydrogens (tertiary/aromatic N) is 2. The molecule has 1 unspecified atom stereocenters. The molecule has 158 valence electrons. The van der Waals surface area contributed by atoms with Gasteiger partial charge < -0.3 is 10.2 Å². The third-order valence-corrected chi connectivity index (χ3v) is 5.35. The normalized spacial score (nSPS) is 12.2. The van der Waals surface area contributed by atoms with Gasteiger partial charge in [-0.15, -0.1) is 0 Å². The highest BCUT2D eigenvalue weighted by molar-refractivity contribution is 5.81. The third-order valence-electron chi connectivity index (χ3n) is 5.35. The van der Waals surface area contributed by atoms with Gasteiger partial charge in [0.05, 0.1) is 23.7 Å². The van der Waals surface area contributed by atoms with E-state index in [9.17, 15) is 4.79 Å². The molecule has 0 saturated carbocycles. The fraction of sp³-hybridized carbons (Fsp3) is 0.385. The van der Waals surface area contributed by atoms with E-state index in [4.69, 9.17) is 0 Å². The van der Waals surface area contributed by atoms with Gasteiger partial charge in [0, 0.05) is 11.9 Å². The Balaban J connectivity index is 1.67. The number of nitrogens with one attached hydrogen (secondary N) is 1. The van der Waals surface area contributed by atoms with Gasteiger partial charge in [-0.05, 0) is 50.0 Å². The van der Waals surface area contributed by atoms with E-state index < -0.39 is 0 Å². The van der Waals surface area contributed by atoms with E-state index >= 15 is 0 Å². The first-order valence-corrected chi connectivity index (χ1v) is 11.1. The van der Waals surface area contributed by atoms with Crippen LogP contribution in [0, 0.1) is 0 Å². The highest BCUT2D eigenvalue weighted by atomic mass is 16.1. The van der Waals surface area contributed by atoms with E-state index in [1.807, 2.05) is 54.6 Å². The minimum absolute atomic E-state index is 0.00960. The van der Waals surface area contributed by atoms with Gasteiger partial charge in [-0.3, -0.25) is 9.78 Å². The molecule has 0 spiro atoms. The molecule has 1 aromatic heterocycles. The molecular weight excluding hydrogens is 370 g/mol. The Morgan fingerprint density at radius 1 is 0.900 bits per heavy atom. The summed E-state index contributed by atoms with van der Waals surface area (Å²) in [5, 5.41) is 4.36. The SMILES string of the molecule is CCCN(CCC)CCC(NC(=O)Cc1ccc2ccccc2n1)c1ccccc1. The van der Waals surface area contributed by atoms with Crippen molar-refractivity contribution in [3.8, 4) is 0 Å².